The molecule has 0 fully saturated rings. The molecule has 3 heteroatoms. The molecule has 2 nitrogen and oxygen atoms in total. The van der Waals surface area contributed by atoms with E-state index in [1.165, 1.54) is 11.1 Å². The lowest BCUT2D eigenvalue weighted by molar-refractivity contribution is 1.31. The summed E-state index contributed by atoms with van der Waals surface area (Å²) in [6.45, 7) is 8.32. The van der Waals surface area contributed by atoms with Crippen LogP contribution in [0.5, 0.6) is 0 Å². The van der Waals surface area contributed by atoms with E-state index >= 15 is 0 Å². The third-order valence-corrected chi connectivity index (χ3v) is 2.67. The van der Waals surface area contributed by atoms with E-state index in [0.717, 1.165) is 22.8 Å². The van der Waals surface area contributed by atoms with Crippen LogP contribution in [0.3, 0.4) is 0 Å². The van der Waals surface area contributed by atoms with E-state index in [1.807, 2.05) is 6.92 Å². The number of hydrogen-bond donors (Lipinski definition) is 1. The van der Waals surface area contributed by atoms with Crippen molar-refractivity contribution in [3.63, 3.8) is 0 Å². The van der Waals surface area contributed by atoms with Crippen molar-refractivity contribution < 1.29 is 0 Å². The summed E-state index contributed by atoms with van der Waals surface area (Å²) in [4.78, 5) is 4.57. The van der Waals surface area contributed by atoms with Crippen LogP contribution in [0.25, 0.3) is 0 Å². The van der Waals surface area contributed by atoms with Crippen LogP contribution in [-0.2, 0) is 0 Å². The summed E-state index contributed by atoms with van der Waals surface area (Å²) < 4.78 is 0. The highest BCUT2D eigenvalue weighted by atomic mass is 35.5. The van der Waals surface area contributed by atoms with Crippen LogP contribution in [-0.4, -0.2) is 5.71 Å². The van der Waals surface area contributed by atoms with Crippen LogP contribution in [0.2, 0.25) is 0 Å². The first-order chi connectivity index (χ1) is 7.06. The molecule has 0 saturated carbocycles. The number of aliphatic imine (C=N–C) groups is 1. The van der Waals surface area contributed by atoms with Gasteiger partial charge in [0.25, 0.3) is 0 Å². The SMILES string of the molecule is CC1=CC(C)=Nc2cc(C)c(C)cc2N1.Cl. The summed E-state index contributed by atoms with van der Waals surface area (Å²) in [5.41, 5.74) is 6.89. The highest BCUT2D eigenvalue weighted by molar-refractivity contribution is 5.98. The smallest absolute Gasteiger partial charge is 0.0870 e. The second-order valence-corrected chi connectivity index (χ2v) is 4.16. The molecule has 1 aromatic rings. The van der Waals surface area contributed by atoms with Gasteiger partial charge in [-0.05, 0) is 57.0 Å². The average Bonchev–Trinajstić information content (AvgIpc) is 2.24. The van der Waals surface area contributed by atoms with E-state index in [1.54, 1.807) is 0 Å². The number of aryl methyl sites for hydroxylation is 2. The van der Waals surface area contributed by atoms with E-state index in [9.17, 15) is 0 Å². The summed E-state index contributed by atoms with van der Waals surface area (Å²) in [7, 11) is 0. The summed E-state index contributed by atoms with van der Waals surface area (Å²) in [6, 6.07) is 4.29. The highest BCUT2D eigenvalue weighted by Gasteiger charge is 2.08. The zero-order valence-corrected chi connectivity index (χ0v) is 10.9. The summed E-state index contributed by atoms with van der Waals surface area (Å²) in [5, 5.41) is 3.37. The van der Waals surface area contributed by atoms with Crippen molar-refractivity contribution in [3.05, 3.63) is 35.0 Å². The maximum absolute atomic E-state index is 4.57. The van der Waals surface area contributed by atoms with Crippen molar-refractivity contribution in [1.29, 1.82) is 0 Å². The maximum atomic E-state index is 4.57. The van der Waals surface area contributed by atoms with Crippen LogP contribution < -0.4 is 5.32 Å². The van der Waals surface area contributed by atoms with Crippen molar-refractivity contribution in [1.82, 2.24) is 0 Å². The second-order valence-electron chi connectivity index (χ2n) is 4.16. The van der Waals surface area contributed by atoms with Gasteiger partial charge in [0.1, 0.15) is 0 Å². The fourth-order valence-electron chi connectivity index (χ4n) is 1.78. The first kappa shape index (κ1) is 12.8. The molecule has 2 rings (SSSR count). The topological polar surface area (TPSA) is 24.4 Å². The van der Waals surface area contributed by atoms with Crippen LogP contribution >= 0.6 is 12.4 Å². The molecule has 0 atom stereocenters. The monoisotopic (exact) mass is 236 g/mol. The lowest BCUT2D eigenvalue weighted by Gasteiger charge is -2.10. The van der Waals surface area contributed by atoms with E-state index in [-0.39, 0.29) is 12.4 Å². The number of rotatable bonds is 0. The quantitative estimate of drug-likeness (QED) is 0.719. The van der Waals surface area contributed by atoms with Gasteiger partial charge in [-0.2, -0.15) is 0 Å². The zero-order valence-electron chi connectivity index (χ0n) is 10.1. The average molecular weight is 237 g/mol. The number of halogens is 1. The van der Waals surface area contributed by atoms with Crippen molar-refractivity contribution in [2.24, 2.45) is 4.99 Å². The molecule has 0 aliphatic carbocycles. The van der Waals surface area contributed by atoms with E-state index < -0.39 is 0 Å². The molecule has 0 unspecified atom stereocenters. The molecular formula is C13H17ClN2. The molecule has 1 aliphatic rings. The van der Waals surface area contributed by atoms with Gasteiger partial charge < -0.3 is 5.32 Å². The van der Waals surface area contributed by atoms with Crippen LogP contribution in [0, 0.1) is 13.8 Å². The van der Waals surface area contributed by atoms with Crippen molar-refractivity contribution in [2.75, 3.05) is 5.32 Å². The number of nitrogens with one attached hydrogen (secondary N) is 1. The highest BCUT2D eigenvalue weighted by Crippen LogP contribution is 2.31. The molecule has 86 valence electrons. The Morgan fingerprint density at radius 3 is 2.31 bits per heavy atom. The second kappa shape index (κ2) is 4.71. The van der Waals surface area contributed by atoms with E-state index in [0.29, 0.717) is 0 Å². The molecule has 0 spiro atoms. The number of anilines is 1. The van der Waals surface area contributed by atoms with E-state index in [2.05, 4.69) is 49.3 Å². The third-order valence-electron chi connectivity index (χ3n) is 2.67. The van der Waals surface area contributed by atoms with Crippen molar-refractivity contribution in [3.8, 4) is 0 Å². The Labute approximate surface area is 103 Å². The van der Waals surface area contributed by atoms with Gasteiger partial charge in [-0.1, -0.05) is 0 Å². The first-order valence-electron chi connectivity index (χ1n) is 5.18. The lowest BCUT2D eigenvalue weighted by Crippen LogP contribution is -1.96. The Hall–Kier alpha value is -1.28. The van der Waals surface area contributed by atoms with Gasteiger partial charge in [0, 0.05) is 11.4 Å². The molecule has 1 aromatic carbocycles. The first-order valence-corrected chi connectivity index (χ1v) is 5.18. The largest absolute Gasteiger partial charge is 0.357 e. The Morgan fingerprint density at radius 1 is 1.00 bits per heavy atom. The molecule has 0 saturated heterocycles. The Bertz CT molecular complexity index is 473. The summed E-state index contributed by atoms with van der Waals surface area (Å²) in [5.74, 6) is 0. The van der Waals surface area contributed by atoms with Crippen LogP contribution in [0.4, 0.5) is 11.4 Å². The van der Waals surface area contributed by atoms with Gasteiger partial charge in [0.2, 0.25) is 0 Å². The molecule has 1 aliphatic heterocycles. The number of nitrogens with zero attached hydrogens (tertiary/aromatic N) is 1. The van der Waals surface area contributed by atoms with E-state index in [4.69, 9.17) is 0 Å². The summed E-state index contributed by atoms with van der Waals surface area (Å²) in [6.07, 6.45) is 2.06. The Kier molecular flexibility index (Phi) is 3.76. The molecule has 16 heavy (non-hydrogen) atoms. The summed E-state index contributed by atoms with van der Waals surface area (Å²) >= 11 is 0. The minimum atomic E-state index is 0. The van der Waals surface area contributed by atoms with Crippen molar-refractivity contribution >= 4 is 29.5 Å². The van der Waals surface area contributed by atoms with Crippen LogP contribution in [0.15, 0.2) is 28.9 Å². The fraction of sp³-hybridized carbons (Fsp3) is 0.308. The number of hydrogen-bond acceptors (Lipinski definition) is 2. The molecule has 0 radical (unpaired) electrons. The predicted octanol–water partition coefficient (Wildman–Crippen LogP) is 4.15. The minimum absolute atomic E-state index is 0. The molecular weight excluding hydrogens is 220 g/mol. The maximum Gasteiger partial charge on any atom is 0.0870 e. The van der Waals surface area contributed by atoms with Gasteiger partial charge in [-0.25, -0.2) is 0 Å². The normalized spacial score (nSPS) is 13.8. The molecule has 1 N–H and O–H groups in total. The van der Waals surface area contributed by atoms with Gasteiger partial charge >= 0.3 is 0 Å². The number of fused-ring (bicyclic) bond motifs is 1. The van der Waals surface area contributed by atoms with Gasteiger partial charge in [-0.15, -0.1) is 12.4 Å². The predicted molar refractivity (Wildman–Crippen MR) is 73.3 cm³/mol. The Morgan fingerprint density at radius 2 is 1.62 bits per heavy atom. The van der Waals surface area contributed by atoms with Gasteiger partial charge in [-0.3, -0.25) is 4.99 Å². The lowest BCUT2D eigenvalue weighted by atomic mass is 10.1. The Balaban J connectivity index is 0.00000128. The standard InChI is InChI=1S/C13H16N2.ClH/c1-8-5-12-13(6-9(8)2)15-11(4)7-10(3)14-12;/h5-7,14H,1-4H3;1H. The van der Waals surface area contributed by atoms with Gasteiger partial charge in [0.05, 0.1) is 11.4 Å². The molecule has 0 amide bonds. The third kappa shape index (κ3) is 2.45. The minimum Gasteiger partial charge on any atom is -0.357 e. The fourth-order valence-corrected chi connectivity index (χ4v) is 1.78. The molecule has 0 aromatic heterocycles. The van der Waals surface area contributed by atoms with Crippen molar-refractivity contribution in [2.45, 2.75) is 27.7 Å². The van der Waals surface area contributed by atoms with Crippen LogP contribution in [0.1, 0.15) is 25.0 Å². The van der Waals surface area contributed by atoms with Gasteiger partial charge in [0.15, 0.2) is 0 Å². The molecule has 0 bridgehead atoms. The number of benzene rings is 1. The molecule has 1 heterocycles. The zero-order chi connectivity index (χ0) is 11.0. The number of allylic oxidation sites excluding steroid dienone is 2.